The largest absolute Gasteiger partial charge is 0.357 e. The van der Waals surface area contributed by atoms with E-state index >= 15 is 0 Å². The molecule has 3 aliphatic rings. The van der Waals surface area contributed by atoms with E-state index in [0.717, 1.165) is 61.8 Å². The highest BCUT2D eigenvalue weighted by Gasteiger charge is 2.47. The van der Waals surface area contributed by atoms with Crippen LogP contribution in [-0.4, -0.2) is 73.5 Å². The number of anilines is 3. The van der Waals surface area contributed by atoms with Gasteiger partial charge in [-0.2, -0.15) is 0 Å². The molecule has 3 aliphatic heterocycles. The first kappa shape index (κ1) is 24.5. The predicted octanol–water partition coefficient (Wildman–Crippen LogP) is 2.65. The molecule has 2 fully saturated rings. The predicted molar refractivity (Wildman–Crippen MR) is 141 cm³/mol. The summed E-state index contributed by atoms with van der Waals surface area (Å²) >= 11 is 0. The van der Waals surface area contributed by atoms with Crippen molar-refractivity contribution in [2.75, 3.05) is 55.5 Å². The lowest BCUT2D eigenvalue weighted by atomic mass is 9.77. The van der Waals surface area contributed by atoms with E-state index in [-0.39, 0.29) is 23.3 Å². The third-order valence-electron chi connectivity index (χ3n) is 8.24. The highest BCUT2D eigenvalue weighted by molar-refractivity contribution is 6.10. The van der Waals surface area contributed by atoms with Gasteiger partial charge in [-0.1, -0.05) is 6.07 Å². The SMILES string of the molecule is CNCc1nc(N(C)C(C)C)cc2c1CN(c1cccc(N3CCC4(CCN(C)C4=O)CC3)n1)C2=O. The van der Waals surface area contributed by atoms with Crippen LogP contribution in [0.5, 0.6) is 0 Å². The number of likely N-dealkylation sites (tertiary alicyclic amines) is 1. The van der Waals surface area contributed by atoms with Crippen molar-refractivity contribution in [2.24, 2.45) is 5.41 Å². The second-order valence-corrected chi connectivity index (χ2v) is 10.7. The van der Waals surface area contributed by atoms with Gasteiger partial charge >= 0.3 is 0 Å². The van der Waals surface area contributed by atoms with Gasteiger partial charge in [-0.3, -0.25) is 14.5 Å². The fourth-order valence-corrected chi connectivity index (χ4v) is 5.66. The molecule has 0 saturated carbocycles. The van der Waals surface area contributed by atoms with Crippen LogP contribution in [0, 0.1) is 5.41 Å². The van der Waals surface area contributed by atoms with Crippen molar-refractivity contribution in [2.45, 2.75) is 52.2 Å². The van der Waals surface area contributed by atoms with E-state index in [1.165, 1.54) is 0 Å². The molecule has 36 heavy (non-hydrogen) atoms. The van der Waals surface area contributed by atoms with Gasteiger partial charge in [0.1, 0.15) is 17.5 Å². The molecule has 9 heteroatoms. The van der Waals surface area contributed by atoms with Crippen LogP contribution in [0.3, 0.4) is 0 Å². The molecule has 2 aromatic rings. The van der Waals surface area contributed by atoms with Gasteiger partial charge in [0, 0.05) is 51.9 Å². The molecule has 9 nitrogen and oxygen atoms in total. The van der Waals surface area contributed by atoms with E-state index < -0.39 is 0 Å². The average molecular weight is 492 g/mol. The van der Waals surface area contributed by atoms with E-state index in [1.54, 1.807) is 4.90 Å². The zero-order chi connectivity index (χ0) is 25.6. The third-order valence-corrected chi connectivity index (χ3v) is 8.24. The van der Waals surface area contributed by atoms with Crippen LogP contribution >= 0.6 is 0 Å². The number of carbonyl (C=O) groups excluding carboxylic acids is 2. The Balaban J connectivity index is 1.38. The molecule has 0 bridgehead atoms. The number of hydrogen-bond donors (Lipinski definition) is 1. The van der Waals surface area contributed by atoms with Crippen molar-refractivity contribution in [1.29, 1.82) is 0 Å². The van der Waals surface area contributed by atoms with Crippen molar-refractivity contribution in [1.82, 2.24) is 20.2 Å². The first-order valence-corrected chi connectivity index (χ1v) is 12.9. The van der Waals surface area contributed by atoms with Gasteiger partial charge in [-0.25, -0.2) is 9.97 Å². The zero-order valence-corrected chi connectivity index (χ0v) is 22.0. The number of carbonyl (C=O) groups is 2. The molecule has 0 atom stereocenters. The Labute approximate surface area is 213 Å². The van der Waals surface area contributed by atoms with Crippen LogP contribution in [0.25, 0.3) is 0 Å². The van der Waals surface area contributed by atoms with Crippen LogP contribution < -0.4 is 20.0 Å². The van der Waals surface area contributed by atoms with Crippen LogP contribution in [0.1, 0.15) is 54.7 Å². The normalized spacial score (nSPS) is 19.1. The van der Waals surface area contributed by atoms with Crippen molar-refractivity contribution < 1.29 is 9.59 Å². The lowest BCUT2D eigenvalue weighted by Gasteiger charge is -2.38. The molecular weight excluding hydrogens is 454 g/mol. The topological polar surface area (TPSA) is 84.9 Å². The van der Waals surface area contributed by atoms with E-state index in [2.05, 4.69) is 29.0 Å². The van der Waals surface area contributed by atoms with Gasteiger partial charge in [-0.05, 0) is 58.4 Å². The Hall–Kier alpha value is -3.20. The van der Waals surface area contributed by atoms with Gasteiger partial charge in [0.2, 0.25) is 5.91 Å². The van der Waals surface area contributed by atoms with E-state index in [0.29, 0.717) is 24.5 Å². The van der Waals surface area contributed by atoms with Gasteiger partial charge in [0.15, 0.2) is 0 Å². The maximum atomic E-state index is 13.6. The minimum Gasteiger partial charge on any atom is -0.357 e. The molecule has 1 N–H and O–H groups in total. The molecule has 2 saturated heterocycles. The van der Waals surface area contributed by atoms with Crippen molar-refractivity contribution in [3.8, 4) is 0 Å². The number of aromatic nitrogens is 2. The lowest BCUT2D eigenvalue weighted by Crippen LogP contribution is -2.44. The fourth-order valence-electron chi connectivity index (χ4n) is 5.66. The summed E-state index contributed by atoms with van der Waals surface area (Å²) in [5, 5.41) is 3.20. The maximum Gasteiger partial charge on any atom is 0.260 e. The molecule has 0 aromatic carbocycles. The first-order valence-electron chi connectivity index (χ1n) is 12.9. The van der Waals surface area contributed by atoms with Crippen molar-refractivity contribution in [3.05, 3.63) is 41.1 Å². The number of rotatable bonds is 6. The van der Waals surface area contributed by atoms with Gasteiger partial charge in [0.25, 0.3) is 5.91 Å². The summed E-state index contributed by atoms with van der Waals surface area (Å²) in [6.45, 7) is 7.73. The molecule has 0 unspecified atom stereocenters. The monoisotopic (exact) mass is 491 g/mol. The summed E-state index contributed by atoms with van der Waals surface area (Å²) in [6, 6.07) is 8.06. The van der Waals surface area contributed by atoms with Gasteiger partial charge < -0.3 is 20.0 Å². The Morgan fingerprint density at radius 3 is 2.42 bits per heavy atom. The summed E-state index contributed by atoms with van der Waals surface area (Å²) in [4.78, 5) is 44.0. The lowest BCUT2D eigenvalue weighted by molar-refractivity contribution is -0.135. The van der Waals surface area contributed by atoms with Crippen LogP contribution in [0.4, 0.5) is 17.5 Å². The molecule has 0 radical (unpaired) electrons. The molecule has 5 rings (SSSR count). The van der Waals surface area contributed by atoms with Crippen molar-refractivity contribution >= 4 is 29.3 Å². The maximum absolute atomic E-state index is 13.6. The van der Waals surface area contributed by atoms with Gasteiger partial charge in [0.05, 0.1) is 23.2 Å². The summed E-state index contributed by atoms with van der Waals surface area (Å²) in [5.41, 5.74) is 2.37. The zero-order valence-electron chi connectivity index (χ0n) is 22.0. The summed E-state index contributed by atoms with van der Waals surface area (Å²) in [7, 11) is 5.80. The second kappa shape index (κ2) is 9.35. The standard InChI is InChI=1S/C27H37N7O2/c1-18(2)32(5)24-15-19-20(21(29-24)16-28-3)17-34(25(19)35)23-8-6-7-22(30-23)33-13-10-27(11-14-33)9-12-31(4)26(27)36/h6-8,15,18,28H,9-14,16-17H2,1-5H3. The molecule has 192 valence electrons. The quantitative estimate of drug-likeness (QED) is 0.665. The smallest absolute Gasteiger partial charge is 0.260 e. The first-order chi connectivity index (χ1) is 17.2. The van der Waals surface area contributed by atoms with Crippen molar-refractivity contribution in [3.63, 3.8) is 0 Å². The average Bonchev–Trinajstić information content (AvgIpc) is 3.36. The molecule has 2 amide bonds. The highest BCUT2D eigenvalue weighted by Crippen LogP contribution is 2.42. The molecule has 2 aromatic heterocycles. The van der Waals surface area contributed by atoms with E-state index in [9.17, 15) is 9.59 Å². The molecule has 0 aliphatic carbocycles. The van der Waals surface area contributed by atoms with Crippen LogP contribution in [-0.2, 0) is 17.9 Å². The highest BCUT2D eigenvalue weighted by atomic mass is 16.2. The van der Waals surface area contributed by atoms with E-state index in [4.69, 9.17) is 9.97 Å². The van der Waals surface area contributed by atoms with E-state index in [1.807, 2.05) is 50.3 Å². The number of piperidine rings is 1. The minimum atomic E-state index is -0.201. The minimum absolute atomic E-state index is 0.0370. The van der Waals surface area contributed by atoms with Crippen LogP contribution in [0.15, 0.2) is 24.3 Å². The summed E-state index contributed by atoms with van der Waals surface area (Å²) in [6.07, 6.45) is 2.64. The molecule has 5 heterocycles. The third kappa shape index (κ3) is 4.09. The fraction of sp³-hybridized carbons (Fsp3) is 0.556. The second-order valence-electron chi connectivity index (χ2n) is 10.7. The Kier molecular flexibility index (Phi) is 6.36. The Bertz CT molecular complexity index is 1170. The molecular formula is C27H37N7O2. The number of nitrogens with zero attached hydrogens (tertiary/aromatic N) is 6. The Morgan fingerprint density at radius 2 is 1.78 bits per heavy atom. The number of amides is 2. The summed E-state index contributed by atoms with van der Waals surface area (Å²) in [5.74, 6) is 2.57. The van der Waals surface area contributed by atoms with Crippen LogP contribution in [0.2, 0.25) is 0 Å². The number of fused-ring (bicyclic) bond motifs is 1. The molecule has 1 spiro atoms. The number of nitrogens with one attached hydrogen (secondary N) is 1. The Morgan fingerprint density at radius 1 is 1.08 bits per heavy atom. The number of pyridine rings is 2. The van der Waals surface area contributed by atoms with Gasteiger partial charge in [-0.15, -0.1) is 0 Å². The summed E-state index contributed by atoms with van der Waals surface area (Å²) < 4.78 is 0. The number of hydrogen-bond acceptors (Lipinski definition) is 7.